The molecule has 0 bridgehead atoms. The average Bonchev–Trinajstić information content (AvgIpc) is 3.16. The van der Waals surface area contributed by atoms with E-state index in [2.05, 4.69) is 0 Å². The lowest BCUT2D eigenvalue weighted by Crippen LogP contribution is -2.36. The van der Waals surface area contributed by atoms with E-state index < -0.39 is 0 Å². The monoisotopic (exact) mass is 405 g/mol. The molecular formula is C23H23N3O4. The summed E-state index contributed by atoms with van der Waals surface area (Å²) in [5, 5.41) is 0.490. The molecule has 0 aliphatic heterocycles. The van der Waals surface area contributed by atoms with Gasteiger partial charge >= 0.3 is 5.69 Å². The molecule has 4 rings (SSSR count). The van der Waals surface area contributed by atoms with Crippen LogP contribution < -0.4 is 20.7 Å². The highest BCUT2D eigenvalue weighted by atomic mass is 16.5. The third kappa shape index (κ3) is 2.82. The van der Waals surface area contributed by atoms with Crippen molar-refractivity contribution >= 4 is 10.9 Å². The van der Waals surface area contributed by atoms with Crippen molar-refractivity contribution in [2.75, 3.05) is 14.2 Å². The van der Waals surface area contributed by atoms with Gasteiger partial charge in [0, 0.05) is 37.6 Å². The Morgan fingerprint density at radius 2 is 1.57 bits per heavy atom. The van der Waals surface area contributed by atoms with E-state index in [1.807, 2.05) is 60.2 Å². The van der Waals surface area contributed by atoms with Gasteiger partial charge in [0.25, 0.3) is 5.56 Å². The number of rotatable bonds is 4. The first kappa shape index (κ1) is 19.6. The standard InChI is InChI=1S/C23H23N3O4/c1-14-8-6-7-9-16(14)21-20-17(24(2)23(28)25(3)22(20)27)13-26(21)15-10-11-18(29-4)19(12-15)30-5/h6-13H,1-5H3. The molecule has 0 radical (unpaired) electrons. The van der Waals surface area contributed by atoms with Gasteiger partial charge in [0.2, 0.25) is 0 Å². The van der Waals surface area contributed by atoms with Crippen LogP contribution in [-0.2, 0) is 14.1 Å². The lowest BCUT2D eigenvalue weighted by molar-refractivity contribution is 0.355. The number of hydrogen-bond donors (Lipinski definition) is 0. The van der Waals surface area contributed by atoms with E-state index in [-0.39, 0.29) is 11.2 Å². The molecule has 4 aromatic rings. The third-order valence-corrected chi connectivity index (χ3v) is 5.48. The van der Waals surface area contributed by atoms with E-state index in [0.717, 1.165) is 27.1 Å². The highest BCUT2D eigenvalue weighted by Crippen LogP contribution is 2.35. The van der Waals surface area contributed by atoms with Crippen molar-refractivity contribution in [3.63, 3.8) is 0 Å². The Hall–Kier alpha value is -3.74. The van der Waals surface area contributed by atoms with Crippen LogP contribution in [0, 0.1) is 6.92 Å². The zero-order chi connectivity index (χ0) is 21.6. The molecule has 0 unspecified atom stereocenters. The number of nitrogens with zero attached hydrogens (tertiary/aromatic N) is 3. The van der Waals surface area contributed by atoms with Gasteiger partial charge in [0.1, 0.15) is 0 Å². The lowest BCUT2D eigenvalue weighted by Gasteiger charge is -2.14. The van der Waals surface area contributed by atoms with E-state index in [1.165, 1.54) is 11.6 Å². The van der Waals surface area contributed by atoms with Crippen molar-refractivity contribution in [2.24, 2.45) is 14.1 Å². The summed E-state index contributed by atoms with van der Waals surface area (Å²) in [4.78, 5) is 25.7. The predicted octanol–water partition coefficient (Wildman–Crippen LogP) is 3.02. The molecule has 0 amide bonds. The molecule has 0 saturated carbocycles. The summed E-state index contributed by atoms with van der Waals surface area (Å²) in [5.74, 6) is 1.18. The van der Waals surface area contributed by atoms with Crippen LogP contribution >= 0.6 is 0 Å². The van der Waals surface area contributed by atoms with Gasteiger partial charge in [-0.2, -0.15) is 0 Å². The number of aromatic nitrogens is 3. The fourth-order valence-corrected chi connectivity index (χ4v) is 3.82. The number of aryl methyl sites for hydroxylation is 2. The van der Waals surface area contributed by atoms with Crippen LogP contribution in [0.4, 0.5) is 0 Å². The molecule has 0 aliphatic carbocycles. The molecule has 2 aromatic carbocycles. The van der Waals surface area contributed by atoms with Crippen LogP contribution in [0.3, 0.4) is 0 Å². The van der Waals surface area contributed by atoms with Gasteiger partial charge in [-0.25, -0.2) is 4.79 Å². The van der Waals surface area contributed by atoms with Gasteiger partial charge in [0.05, 0.1) is 30.8 Å². The number of benzene rings is 2. The maximum atomic E-state index is 13.2. The Labute approximate surface area is 173 Å². The molecule has 2 aromatic heterocycles. The molecule has 2 heterocycles. The minimum Gasteiger partial charge on any atom is -0.493 e. The van der Waals surface area contributed by atoms with Gasteiger partial charge in [0.15, 0.2) is 11.5 Å². The van der Waals surface area contributed by atoms with Crippen LogP contribution in [0.2, 0.25) is 0 Å². The zero-order valence-corrected chi connectivity index (χ0v) is 17.6. The Kier molecular flexibility index (Phi) is 4.73. The zero-order valence-electron chi connectivity index (χ0n) is 17.6. The van der Waals surface area contributed by atoms with E-state index in [1.54, 1.807) is 21.3 Å². The van der Waals surface area contributed by atoms with Crippen molar-refractivity contribution in [1.29, 1.82) is 0 Å². The van der Waals surface area contributed by atoms with Crippen LogP contribution in [0.15, 0.2) is 58.3 Å². The first-order chi connectivity index (χ1) is 14.4. The molecule has 0 aliphatic rings. The minimum absolute atomic E-state index is 0.328. The first-order valence-electron chi connectivity index (χ1n) is 9.48. The summed E-state index contributed by atoms with van der Waals surface area (Å²) >= 11 is 0. The highest BCUT2D eigenvalue weighted by Gasteiger charge is 2.21. The number of ether oxygens (including phenoxy) is 2. The number of methoxy groups -OCH3 is 2. The Morgan fingerprint density at radius 3 is 2.23 bits per heavy atom. The molecule has 7 nitrogen and oxygen atoms in total. The SMILES string of the molecule is COc1ccc(-n2cc3c(c2-c2ccccc2C)c(=O)n(C)c(=O)n3C)cc1OC. The first-order valence-corrected chi connectivity index (χ1v) is 9.48. The third-order valence-electron chi connectivity index (χ3n) is 5.48. The van der Waals surface area contributed by atoms with Gasteiger partial charge in [-0.3, -0.25) is 13.9 Å². The molecule has 0 fully saturated rings. The van der Waals surface area contributed by atoms with E-state index in [9.17, 15) is 9.59 Å². The molecule has 154 valence electrons. The maximum Gasteiger partial charge on any atom is 0.330 e. The highest BCUT2D eigenvalue weighted by molar-refractivity contribution is 5.95. The molecule has 30 heavy (non-hydrogen) atoms. The van der Waals surface area contributed by atoms with Crippen molar-refractivity contribution in [3.8, 4) is 28.4 Å². The fraction of sp³-hybridized carbons (Fsp3) is 0.217. The maximum absolute atomic E-state index is 13.2. The number of hydrogen-bond acceptors (Lipinski definition) is 4. The fourth-order valence-electron chi connectivity index (χ4n) is 3.82. The number of fused-ring (bicyclic) bond motifs is 1. The Balaban J connectivity index is 2.18. The molecular weight excluding hydrogens is 382 g/mol. The van der Waals surface area contributed by atoms with Crippen molar-refractivity contribution in [2.45, 2.75) is 6.92 Å². The second-order valence-electron chi connectivity index (χ2n) is 7.17. The van der Waals surface area contributed by atoms with Crippen molar-refractivity contribution in [3.05, 3.63) is 75.1 Å². The smallest absolute Gasteiger partial charge is 0.330 e. The summed E-state index contributed by atoms with van der Waals surface area (Å²) in [5.41, 5.74) is 3.33. The summed E-state index contributed by atoms with van der Waals surface area (Å²) in [7, 11) is 6.33. The second kappa shape index (κ2) is 7.26. The Morgan fingerprint density at radius 1 is 0.867 bits per heavy atom. The van der Waals surface area contributed by atoms with E-state index >= 15 is 0 Å². The minimum atomic E-state index is -0.367. The van der Waals surface area contributed by atoms with Gasteiger partial charge in [-0.15, -0.1) is 0 Å². The summed E-state index contributed by atoms with van der Waals surface area (Å²) in [6.07, 6.45) is 1.82. The van der Waals surface area contributed by atoms with Gasteiger partial charge in [-0.1, -0.05) is 24.3 Å². The topological polar surface area (TPSA) is 67.4 Å². The summed E-state index contributed by atoms with van der Waals surface area (Å²) in [6, 6.07) is 13.4. The molecule has 0 saturated heterocycles. The average molecular weight is 405 g/mol. The van der Waals surface area contributed by atoms with Crippen molar-refractivity contribution in [1.82, 2.24) is 13.7 Å². The van der Waals surface area contributed by atoms with Crippen LogP contribution in [0.5, 0.6) is 11.5 Å². The van der Waals surface area contributed by atoms with E-state index in [0.29, 0.717) is 22.4 Å². The predicted molar refractivity (Wildman–Crippen MR) is 117 cm³/mol. The van der Waals surface area contributed by atoms with Crippen LogP contribution in [0.25, 0.3) is 27.8 Å². The van der Waals surface area contributed by atoms with Crippen LogP contribution in [-0.4, -0.2) is 27.9 Å². The van der Waals surface area contributed by atoms with Gasteiger partial charge in [-0.05, 0) is 24.6 Å². The molecule has 7 heteroatoms. The molecule has 0 spiro atoms. The van der Waals surface area contributed by atoms with E-state index in [4.69, 9.17) is 9.47 Å². The summed E-state index contributed by atoms with van der Waals surface area (Å²) in [6.45, 7) is 2.00. The normalized spacial score (nSPS) is 11.1. The van der Waals surface area contributed by atoms with Crippen molar-refractivity contribution < 1.29 is 9.47 Å². The quantitative estimate of drug-likeness (QED) is 0.523. The van der Waals surface area contributed by atoms with Crippen LogP contribution in [0.1, 0.15) is 5.56 Å². The van der Waals surface area contributed by atoms with Gasteiger partial charge < -0.3 is 14.0 Å². The molecule has 0 atom stereocenters. The molecule has 0 N–H and O–H groups in total. The second-order valence-corrected chi connectivity index (χ2v) is 7.17. The largest absolute Gasteiger partial charge is 0.493 e. The summed E-state index contributed by atoms with van der Waals surface area (Å²) < 4.78 is 15.4. The lowest BCUT2D eigenvalue weighted by atomic mass is 10.0. The Bertz CT molecular complexity index is 1390.